The van der Waals surface area contributed by atoms with Crippen molar-refractivity contribution in [3.63, 3.8) is 0 Å². The number of halogens is 1. The molecular formula is C14H16ClN3O3S. The summed E-state index contributed by atoms with van der Waals surface area (Å²) < 4.78 is 27.4. The molecule has 0 aliphatic carbocycles. The molecule has 1 heterocycles. The van der Waals surface area contributed by atoms with Crippen molar-refractivity contribution in [2.75, 3.05) is 24.9 Å². The molecular weight excluding hydrogens is 326 g/mol. The molecule has 22 heavy (non-hydrogen) atoms. The summed E-state index contributed by atoms with van der Waals surface area (Å²) in [5.74, 6) is 0. The summed E-state index contributed by atoms with van der Waals surface area (Å²) in [7, 11) is -0.947. The van der Waals surface area contributed by atoms with Crippen LogP contribution in [0.5, 0.6) is 0 Å². The number of H-pyrrole nitrogens is 1. The molecule has 2 aromatic rings. The summed E-state index contributed by atoms with van der Waals surface area (Å²) in [5, 5.41) is 1.10. The van der Waals surface area contributed by atoms with Gasteiger partial charge in [0, 0.05) is 31.2 Å². The van der Waals surface area contributed by atoms with E-state index in [0.717, 1.165) is 8.61 Å². The molecule has 8 heteroatoms. The molecule has 1 aromatic heterocycles. The van der Waals surface area contributed by atoms with Gasteiger partial charge in [-0.1, -0.05) is 23.7 Å². The quantitative estimate of drug-likeness (QED) is 0.647. The smallest absolute Gasteiger partial charge is 0.303 e. The number of fused-ring (bicyclic) bond motifs is 1. The van der Waals surface area contributed by atoms with Gasteiger partial charge in [0.25, 0.3) is 0 Å². The number of hydrogen-bond donors (Lipinski definition) is 1. The maximum absolute atomic E-state index is 12.6. The number of carbonyl (C=O) groups is 1. The van der Waals surface area contributed by atoms with Crippen LogP contribution in [0.3, 0.4) is 0 Å². The zero-order valence-electron chi connectivity index (χ0n) is 12.2. The summed E-state index contributed by atoms with van der Waals surface area (Å²) in [6.07, 6.45) is 3.63. The van der Waals surface area contributed by atoms with Gasteiger partial charge in [0.15, 0.2) is 6.29 Å². The van der Waals surface area contributed by atoms with Gasteiger partial charge in [0.2, 0.25) is 0 Å². The molecule has 0 amide bonds. The van der Waals surface area contributed by atoms with Crippen molar-refractivity contribution in [1.29, 1.82) is 0 Å². The number of rotatable bonds is 6. The molecule has 0 unspecified atom stereocenters. The Hall–Kier alpha value is -1.83. The van der Waals surface area contributed by atoms with E-state index in [1.807, 2.05) is 0 Å². The Kier molecular flexibility index (Phi) is 4.60. The van der Waals surface area contributed by atoms with E-state index in [9.17, 15) is 13.2 Å². The molecule has 0 fully saturated rings. The first-order valence-corrected chi connectivity index (χ1v) is 8.18. The van der Waals surface area contributed by atoms with E-state index in [-0.39, 0.29) is 17.8 Å². The van der Waals surface area contributed by atoms with Crippen LogP contribution in [-0.4, -0.2) is 44.6 Å². The van der Waals surface area contributed by atoms with Gasteiger partial charge in [-0.2, -0.15) is 12.7 Å². The molecule has 0 aliphatic heterocycles. The molecule has 6 nitrogen and oxygen atoms in total. The summed E-state index contributed by atoms with van der Waals surface area (Å²) >= 11 is 6.08. The van der Waals surface area contributed by atoms with E-state index in [1.54, 1.807) is 18.3 Å². The van der Waals surface area contributed by atoms with Crippen LogP contribution in [0.15, 0.2) is 31.0 Å². The fourth-order valence-electron chi connectivity index (χ4n) is 2.14. The van der Waals surface area contributed by atoms with Crippen molar-refractivity contribution < 1.29 is 13.2 Å². The zero-order chi connectivity index (χ0) is 16.5. The summed E-state index contributed by atoms with van der Waals surface area (Å²) in [6, 6.07) is 3.22. The summed E-state index contributed by atoms with van der Waals surface area (Å²) in [5.41, 5.74) is 0.994. The largest absolute Gasteiger partial charge is 0.358 e. The van der Waals surface area contributed by atoms with Gasteiger partial charge in [-0.15, -0.1) is 6.58 Å². The van der Waals surface area contributed by atoms with Crippen molar-refractivity contribution in [1.82, 2.24) is 9.29 Å². The number of anilines is 1. The average molecular weight is 342 g/mol. The predicted molar refractivity (Wildman–Crippen MR) is 88.8 cm³/mol. The van der Waals surface area contributed by atoms with Crippen LogP contribution in [0.25, 0.3) is 10.9 Å². The minimum absolute atomic E-state index is 0.0249. The Morgan fingerprint density at radius 1 is 1.36 bits per heavy atom. The number of benzene rings is 1. The molecule has 1 aromatic carbocycles. The van der Waals surface area contributed by atoms with Crippen molar-refractivity contribution in [2.45, 2.75) is 0 Å². The molecule has 2 rings (SSSR count). The fourth-order valence-corrected chi connectivity index (χ4v) is 3.47. The number of aromatic nitrogens is 1. The van der Waals surface area contributed by atoms with Crippen molar-refractivity contribution in [3.8, 4) is 0 Å². The van der Waals surface area contributed by atoms with Gasteiger partial charge in [-0.05, 0) is 6.07 Å². The Balaban J connectivity index is 2.83. The summed E-state index contributed by atoms with van der Waals surface area (Å²) in [4.78, 5) is 14.3. The molecule has 1 N–H and O–H groups in total. The Morgan fingerprint density at radius 2 is 2.05 bits per heavy atom. The lowest BCUT2D eigenvalue weighted by molar-refractivity contribution is 0.112. The van der Waals surface area contributed by atoms with E-state index in [0.29, 0.717) is 22.2 Å². The highest BCUT2D eigenvalue weighted by molar-refractivity contribution is 7.90. The molecule has 0 saturated heterocycles. The van der Waals surface area contributed by atoms with Crippen LogP contribution in [0, 0.1) is 0 Å². The van der Waals surface area contributed by atoms with Crippen molar-refractivity contribution >= 4 is 44.7 Å². The lowest BCUT2D eigenvalue weighted by Crippen LogP contribution is -2.40. The lowest BCUT2D eigenvalue weighted by atomic mass is 10.1. The third-order valence-electron chi connectivity index (χ3n) is 3.22. The van der Waals surface area contributed by atoms with Gasteiger partial charge in [0.05, 0.1) is 22.8 Å². The first-order valence-electron chi connectivity index (χ1n) is 6.40. The number of hydrogen-bond acceptors (Lipinski definition) is 3. The minimum Gasteiger partial charge on any atom is -0.358 e. The van der Waals surface area contributed by atoms with E-state index in [2.05, 4.69) is 11.6 Å². The van der Waals surface area contributed by atoms with Gasteiger partial charge >= 0.3 is 10.2 Å². The highest BCUT2D eigenvalue weighted by Gasteiger charge is 2.28. The highest BCUT2D eigenvalue weighted by atomic mass is 35.5. The Bertz CT molecular complexity index is 827. The van der Waals surface area contributed by atoms with E-state index >= 15 is 0 Å². The second kappa shape index (κ2) is 6.12. The van der Waals surface area contributed by atoms with Gasteiger partial charge in [0.1, 0.15) is 0 Å². The maximum atomic E-state index is 12.6. The molecule has 118 valence electrons. The van der Waals surface area contributed by atoms with Crippen LogP contribution >= 0.6 is 11.6 Å². The van der Waals surface area contributed by atoms with Crippen LogP contribution in [-0.2, 0) is 10.2 Å². The van der Waals surface area contributed by atoms with E-state index in [1.165, 1.54) is 20.2 Å². The SMILES string of the molecule is C=CCN(c1c(C=O)ccc2c(Cl)c[nH]c12)S(=O)(=O)N(C)C. The third-order valence-corrected chi connectivity index (χ3v) is 5.35. The second-order valence-electron chi connectivity index (χ2n) is 4.79. The number of carbonyl (C=O) groups excluding carboxylic acids is 1. The van der Waals surface area contributed by atoms with E-state index < -0.39 is 10.2 Å². The Morgan fingerprint density at radius 3 is 2.59 bits per heavy atom. The molecule has 0 bridgehead atoms. The Labute approximate surface area is 134 Å². The van der Waals surface area contributed by atoms with Crippen LogP contribution in [0.4, 0.5) is 5.69 Å². The first kappa shape index (κ1) is 16.5. The number of nitrogens with zero attached hydrogens (tertiary/aromatic N) is 2. The van der Waals surface area contributed by atoms with Crippen LogP contribution < -0.4 is 4.31 Å². The fraction of sp³-hybridized carbons (Fsp3) is 0.214. The number of nitrogens with one attached hydrogen (secondary N) is 1. The number of aldehydes is 1. The zero-order valence-corrected chi connectivity index (χ0v) is 13.8. The normalized spacial score (nSPS) is 11.8. The van der Waals surface area contributed by atoms with Gasteiger partial charge in [-0.25, -0.2) is 0 Å². The highest BCUT2D eigenvalue weighted by Crippen LogP contribution is 2.35. The van der Waals surface area contributed by atoms with E-state index in [4.69, 9.17) is 11.6 Å². The molecule has 0 aliphatic rings. The summed E-state index contributed by atoms with van der Waals surface area (Å²) in [6.45, 7) is 3.62. The molecule has 0 saturated carbocycles. The molecule has 0 spiro atoms. The number of aromatic amines is 1. The second-order valence-corrected chi connectivity index (χ2v) is 7.26. The maximum Gasteiger partial charge on any atom is 0.303 e. The van der Waals surface area contributed by atoms with Crippen molar-refractivity contribution in [3.05, 3.63) is 41.6 Å². The van der Waals surface area contributed by atoms with Crippen molar-refractivity contribution in [2.24, 2.45) is 0 Å². The van der Waals surface area contributed by atoms with Crippen LogP contribution in [0.2, 0.25) is 5.02 Å². The molecule has 0 radical (unpaired) electrons. The van der Waals surface area contributed by atoms with Crippen LogP contribution in [0.1, 0.15) is 10.4 Å². The standard InChI is InChI=1S/C14H16ClN3O3S/c1-4-7-18(22(20,21)17(2)3)14-10(9-19)5-6-11-12(15)8-16-13(11)14/h4-6,8-9,16H,1,7H2,2-3H3. The average Bonchev–Trinajstić information content (AvgIpc) is 2.85. The van der Waals surface area contributed by atoms with Gasteiger partial charge < -0.3 is 4.98 Å². The van der Waals surface area contributed by atoms with Gasteiger partial charge in [-0.3, -0.25) is 9.10 Å². The monoisotopic (exact) mass is 341 g/mol. The predicted octanol–water partition coefficient (Wildman–Crippen LogP) is 2.43. The third kappa shape index (κ3) is 2.63. The first-order chi connectivity index (χ1) is 10.3. The molecule has 0 atom stereocenters. The topological polar surface area (TPSA) is 73.5 Å². The minimum atomic E-state index is -3.80. The lowest BCUT2D eigenvalue weighted by Gasteiger charge is -2.27.